The van der Waals surface area contributed by atoms with Crippen molar-refractivity contribution in [3.8, 4) is 11.4 Å². The number of nitrogens with zero attached hydrogens (tertiary/aromatic N) is 4. The number of aliphatic hydroxyl groups is 1. The maximum atomic E-state index is 13.1. The van der Waals surface area contributed by atoms with Gasteiger partial charge in [0.05, 0.1) is 17.0 Å². The molecule has 4 rings (SSSR count). The lowest BCUT2D eigenvalue weighted by Crippen LogP contribution is -2.43. The highest BCUT2D eigenvalue weighted by Gasteiger charge is 2.34. The molecule has 1 aromatic carbocycles. The number of hydrogen-bond acceptors (Lipinski definition) is 5. The van der Waals surface area contributed by atoms with Gasteiger partial charge in [-0.1, -0.05) is 18.2 Å². The lowest BCUT2D eigenvalue weighted by atomic mass is 9.84. The molecule has 1 N–H and O–H groups in total. The summed E-state index contributed by atoms with van der Waals surface area (Å²) in [7, 11) is 0. The van der Waals surface area contributed by atoms with Gasteiger partial charge in [-0.3, -0.25) is 4.98 Å². The summed E-state index contributed by atoms with van der Waals surface area (Å²) in [6.45, 7) is 1.25. The van der Waals surface area contributed by atoms with Crippen molar-refractivity contribution in [2.75, 3.05) is 18.0 Å². The van der Waals surface area contributed by atoms with Gasteiger partial charge in [0.1, 0.15) is 5.82 Å². The lowest BCUT2D eigenvalue weighted by Gasteiger charge is -2.38. The van der Waals surface area contributed by atoms with Crippen LogP contribution in [0.1, 0.15) is 18.4 Å². The molecule has 0 unspecified atom stereocenters. The number of halogens is 1. The monoisotopic (exact) mass is 350 g/mol. The average molecular weight is 350 g/mol. The van der Waals surface area contributed by atoms with Gasteiger partial charge in [0, 0.05) is 25.5 Å². The van der Waals surface area contributed by atoms with E-state index in [0.29, 0.717) is 31.9 Å². The van der Waals surface area contributed by atoms with Crippen LogP contribution in [0.5, 0.6) is 0 Å². The molecule has 132 valence electrons. The zero-order chi connectivity index (χ0) is 18.0. The predicted molar refractivity (Wildman–Crippen MR) is 97.0 cm³/mol. The summed E-state index contributed by atoms with van der Waals surface area (Å²) in [5.74, 6) is 0.337. The van der Waals surface area contributed by atoms with E-state index in [0.717, 1.165) is 17.0 Å². The van der Waals surface area contributed by atoms with Crippen molar-refractivity contribution in [2.24, 2.45) is 0 Å². The van der Waals surface area contributed by atoms with Crippen LogP contribution in [-0.4, -0.2) is 33.1 Å². The van der Waals surface area contributed by atoms with Crippen molar-refractivity contribution >= 4 is 5.95 Å². The largest absolute Gasteiger partial charge is 0.385 e. The highest BCUT2D eigenvalue weighted by molar-refractivity contribution is 5.55. The second kappa shape index (κ2) is 6.80. The first-order valence-corrected chi connectivity index (χ1v) is 8.62. The Kier molecular flexibility index (Phi) is 4.34. The normalized spacial score (nSPS) is 16.5. The minimum Gasteiger partial charge on any atom is -0.385 e. The first-order valence-electron chi connectivity index (χ1n) is 8.62. The number of rotatable bonds is 3. The van der Waals surface area contributed by atoms with Crippen LogP contribution in [0, 0.1) is 5.82 Å². The van der Waals surface area contributed by atoms with Gasteiger partial charge in [0.25, 0.3) is 0 Å². The fourth-order valence-corrected chi connectivity index (χ4v) is 3.28. The summed E-state index contributed by atoms with van der Waals surface area (Å²) in [6, 6.07) is 13.6. The van der Waals surface area contributed by atoms with E-state index in [2.05, 4.69) is 19.9 Å². The fraction of sp³-hybridized carbons (Fsp3) is 0.250. The molecule has 3 aromatic rings. The summed E-state index contributed by atoms with van der Waals surface area (Å²) in [5, 5.41) is 10.9. The van der Waals surface area contributed by atoms with Crippen molar-refractivity contribution < 1.29 is 9.50 Å². The van der Waals surface area contributed by atoms with Gasteiger partial charge in [0.2, 0.25) is 5.95 Å². The summed E-state index contributed by atoms with van der Waals surface area (Å²) in [4.78, 5) is 15.4. The topological polar surface area (TPSA) is 62.1 Å². The SMILES string of the molecule is OC1(c2ccc(F)cc2)CCN(c2nccc(-c3ccccn3)n2)CC1. The molecule has 0 saturated carbocycles. The van der Waals surface area contributed by atoms with Gasteiger partial charge < -0.3 is 10.0 Å². The second-order valence-corrected chi connectivity index (χ2v) is 6.48. The standard InChI is InChI=1S/C20H19FN4O/c21-16-6-4-15(5-7-16)20(26)9-13-25(14-10-20)19-23-12-8-18(24-19)17-3-1-2-11-22-17/h1-8,11-12,26H,9-10,13-14H2. The Hall–Kier alpha value is -2.86. The zero-order valence-electron chi connectivity index (χ0n) is 14.2. The third-order valence-electron chi connectivity index (χ3n) is 4.83. The van der Waals surface area contributed by atoms with Crippen molar-refractivity contribution in [2.45, 2.75) is 18.4 Å². The smallest absolute Gasteiger partial charge is 0.225 e. The number of pyridine rings is 1. The number of benzene rings is 1. The number of hydrogen-bond donors (Lipinski definition) is 1. The van der Waals surface area contributed by atoms with E-state index >= 15 is 0 Å². The Balaban J connectivity index is 1.51. The maximum Gasteiger partial charge on any atom is 0.225 e. The first kappa shape index (κ1) is 16.6. The molecule has 0 atom stereocenters. The third kappa shape index (κ3) is 3.28. The number of aromatic nitrogens is 3. The van der Waals surface area contributed by atoms with E-state index in [1.54, 1.807) is 24.5 Å². The molecule has 5 nitrogen and oxygen atoms in total. The van der Waals surface area contributed by atoms with Crippen LogP contribution in [0.4, 0.5) is 10.3 Å². The molecule has 0 aliphatic carbocycles. The van der Waals surface area contributed by atoms with Crippen LogP contribution >= 0.6 is 0 Å². The first-order chi connectivity index (χ1) is 12.6. The maximum absolute atomic E-state index is 13.1. The molecule has 0 spiro atoms. The summed E-state index contributed by atoms with van der Waals surface area (Å²) >= 11 is 0. The molecule has 0 amide bonds. The molecule has 26 heavy (non-hydrogen) atoms. The van der Waals surface area contributed by atoms with Gasteiger partial charge in [-0.25, -0.2) is 14.4 Å². The predicted octanol–water partition coefficient (Wildman–Crippen LogP) is 3.17. The molecule has 3 heterocycles. The van der Waals surface area contributed by atoms with Crippen LogP contribution < -0.4 is 4.90 Å². The van der Waals surface area contributed by atoms with Gasteiger partial charge >= 0.3 is 0 Å². The highest BCUT2D eigenvalue weighted by Crippen LogP contribution is 2.34. The van der Waals surface area contributed by atoms with Crippen molar-refractivity contribution in [3.63, 3.8) is 0 Å². The van der Waals surface area contributed by atoms with Crippen LogP contribution in [0.25, 0.3) is 11.4 Å². The van der Waals surface area contributed by atoms with Gasteiger partial charge in [-0.2, -0.15) is 0 Å². The molecule has 1 aliphatic rings. The Morgan fingerprint density at radius 3 is 2.35 bits per heavy atom. The fourth-order valence-electron chi connectivity index (χ4n) is 3.28. The van der Waals surface area contributed by atoms with Crippen LogP contribution in [-0.2, 0) is 5.60 Å². The number of anilines is 1. The highest BCUT2D eigenvalue weighted by atomic mass is 19.1. The molecule has 2 aromatic heterocycles. The molecule has 1 fully saturated rings. The summed E-state index contributed by atoms with van der Waals surface area (Å²) in [5.41, 5.74) is 1.38. The zero-order valence-corrected chi connectivity index (χ0v) is 14.2. The van der Waals surface area contributed by atoms with E-state index in [1.807, 2.05) is 24.3 Å². The van der Waals surface area contributed by atoms with E-state index in [-0.39, 0.29) is 5.82 Å². The molecular formula is C20H19FN4O. The molecule has 1 saturated heterocycles. The van der Waals surface area contributed by atoms with Crippen molar-refractivity contribution in [1.82, 2.24) is 15.0 Å². The Morgan fingerprint density at radius 1 is 0.885 bits per heavy atom. The van der Waals surface area contributed by atoms with Gasteiger partial charge in [0.15, 0.2) is 0 Å². The van der Waals surface area contributed by atoms with E-state index in [4.69, 9.17) is 0 Å². The minimum atomic E-state index is -0.942. The van der Waals surface area contributed by atoms with Crippen molar-refractivity contribution in [1.29, 1.82) is 0 Å². The number of piperidine rings is 1. The van der Waals surface area contributed by atoms with Crippen molar-refractivity contribution in [3.05, 3.63) is 72.3 Å². The molecule has 0 bridgehead atoms. The molecule has 0 radical (unpaired) electrons. The van der Waals surface area contributed by atoms with E-state index in [1.165, 1.54) is 12.1 Å². The Labute approximate surface area is 151 Å². The average Bonchev–Trinajstić information content (AvgIpc) is 2.70. The van der Waals surface area contributed by atoms with E-state index < -0.39 is 5.60 Å². The Bertz CT molecular complexity index is 878. The third-order valence-corrected chi connectivity index (χ3v) is 4.83. The molecule has 6 heteroatoms. The van der Waals surface area contributed by atoms with Crippen LogP contribution in [0.15, 0.2) is 60.9 Å². The Morgan fingerprint density at radius 2 is 1.65 bits per heavy atom. The van der Waals surface area contributed by atoms with Crippen LogP contribution in [0.3, 0.4) is 0 Å². The quantitative estimate of drug-likeness (QED) is 0.786. The summed E-state index contributed by atoms with van der Waals surface area (Å²) < 4.78 is 13.1. The molecule has 1 aliphatic heterocycles. The second-order valence-electron chi connectivity index (χ2n) is 6.48. The minimum absolute atomic E-state index is 0.297. The van der Waals surface area contributed by atoms with Gasteiger partial charge in [-0.15, -0.1) is 0 Å². The van der Waals surface area contributed by atoms with E-state index in [9.17, 15) is 9.50 Å². The van der Waals surface area contributed by atoms with Crippen LogP contribution in [0.2, 0.25) is 0 Å². The lowest BCUT2D eigenvalue weighted by molar-refractivity contribution is 0.0115. The summed E-state index contributed by atoms with van der Waals surface area (Å²) in [6.07, 6.45) is 4.54. The molecular weight excluding hydrogens is 331 g/mol. The van der Waals surface area contributed by atoms with Gasteiger partial charge in [-0.05, 0) is 48.7 Å².